The van der Waals surface area contributed by atoms with E-state index < -0.39 is 0 Å². The van der Waals surface area contributed by atoms with Gasteiger partial charge in [0.05, 0.1) is 23.3 Å². The smallest absolute Gasteiger partial charge is 0.0991 e. The van der Waals surface area contributed by atoms with Gasteiger partial charge in [-0.25, -0.2) is 0 Å². The number of hydrogen-bond donors (Lipinski definition) is 0. The van der Waals surface area contributed by atoms with Gasteiger partial charge >= 0.3 is 0 Å². The maximum Gasteiger partial charge on any atom is 0.0991 e. The molecular weight excluding hydrogens is 220 g/mol. The molecule has 0 unspecified atom stereocenters. The quantitative estimate of drug-likeness (QED) is 0.694. The van der Waals surface area contributed by atoms with Crippen LogP contribution in [-0.4, -0.2) is 0 Å². The molecule has 0 N–H and O–H groups in total. The van der Waals surface area contributed by atoms with Gasteiger partial charge in [0.1, 0.15) is 0 Å². The van der Waals surface area contributed by atoms with Crippen molar-refractivity contribution in [2.24, 2.45) is 0 Å². The van der Waals surface area contributed by atoms with Crippen LogP contribution in [0.25, 0.3) is 10.8 Å². The van der Waals surface area contributed by atoms with Crippen molar-refractivity contribution in [1.82, 2.24) is 0 Å². The first-order valence-corrected chi connectivity index (χ1v) is 5.84. The Morgan fingerprint density at radius 2 is 1.56 bits per heavy atom. The van der Waals surface area contributed by atoms with E-state index in [-0.39, 0.29) is 5.41 Å². The molecule has 2 heteroatoms. The van der Waals surface area contributed by atoms with Gasteiger partial charge in [-0.3, -0.25) is 0 Å². The number of nitrogens with zero attached hydrogens (tertiary/aromatic N) is 2. The van der Waals surface area contributed by atoms with Gasteiger partial charge in [0, 0.05) is 0 Å². The van der Waals surface area contributed by atoms with Crippen LogP contribution in [0.1, 0.15) is 37.5 Å². The van der Waals surface area contributed by atoms with E-state index in [1.54, 1.807) is 6.07 Å². The van der Waals surface area contributed by atoms with Crippen LogP contribution in [0.4, 0.5) is 0 Å². The summed E-state index contributed by atoms with van der Waals surface area (Å²) in [5, 5.41) is 20.1. The van der Waals surface area contributed by atoms with E-state index in [2.05, 4.69) is 32.9 Å². The predicted molar refractivity (Wildman–Crippen MR) is 72.1 cm³/mol. The highest BCUT2D eigenvalue weighted by molar-refractivity contribution is 5.89. The van der Waals surface area contributed by atoms with Crippen molar-refractivity contribution in [1.29, 1.82) is 10.5 Å². The van der Waals surface area contributed by atoms with E-state index in [4.69, 9.17) is 10.5 Å². The zero-order valence-corrected chi connectivity index (χ0v) is 10.8. The van der Waals surface area contributed by atoms with Crippen molar-refractivity contribution >= 4 is 10.8 Å². The summed E-state index contributed by atoms with van der Waals surface area (Å²) in [7, 11) is 0. The Morgan fingerprint density at radius 1 is 0.889 bits per heavy atom. The third-order valence-corrected chi connectivity index (χ3v) is 3.02. The largest absolute Gasteiger partial charge is 0.192 e. The molecule has 0 amide bonds. The van der Waals surface area contributed by atoms with Gasteiger partial charge in [0.2, 0.25) is 0 Å². The first-order valence-electron chi connectivity index (χ1n) is 5.84. The molecule has 0 saturated carbocycles. The molecule has 88 valence electrons. The summed E-state index contributed by atoms with van der Waals surface area (Å²) >= 11 is 0. The Hall–Kier alpha value is -2.32. The molecule has 2 nitrogen and oxygen atoms in total. The average Bonchev–Trinajstić information content (AvgIpc) is 2.35. The fourth-order valence-corrected chi connectivity index (χ4v) is 2.11. The van der Waals surface area contributed by atoms with Crippen LogP contribution in [0.15, 0.2) is 30.3 Å². The summed E-state index contributed by atoms with van der Waals surface area (Å²) in [6.45, 7) is 6.34. The minimum atomic E-state index is -0.0564. The molecule has 18 heavy (non-hydrogen) atoms. The zero-order chi connectivity index (χ0) is 13.3. The molecule has 0 spiro atoms. The standard InChI is InChI=1S/C16H14N2/c1-16(2,3)15-8-12(10-18)6-13-5-4-11(9-17)7-14(13)15/h4-8H,1-3H3. The van der Waals surface area contributed by atoms with Crippen molar-refractivity contribution < 1.29 is 0 Å². The Labute approximate surface area is 107 Å². The van der Waals surface area contributed by atoms with Crippen LogP contribution in [0.2, 0.25) is 0 Å². The molecule has 0 aromatic heterocycles. The number of rotatable bonds is 0. The minimum Gasteiger partial charge on any atom is -0.192 e. The summed E-state index contributed by atoms with van der Waals surface area (Å²) in [4.78, 5) is 0. The fourth-order valence-electron chi connectivity index (χ4n) is 2.11. The van der Waals surface area contributed by atoms with Gasteiger partial charge in [-0.15, -0.1) is 0 Å². The number of benzene rings is 2. The Morgan fingerprint density at radius 3 is 2.11 bits per heavy atom. The topological polar surface area (TPSA) is 47.6 Å². The second kappa shape index (κ2) is 4.17. The maximum atomic E-state index is 9.09. The predicted octanol–water partition coefficient (Wildman–Crippen LogP) is 3.88. The molecule has 0 aliphatic rings. The van der Waals surface area contributed by atoms with Gasteiger partial charge in [0.25, 0.3) is 0 Å². The molecule has 2 aromatic rings. The molecule has 0 atom stereocenters. The van der Waals surface area contributed by atoms with Crippen molar-refractivity contribution in [2.75, 3.05) is 0 Å². The van der Waals surface area contributed by atoms with Crippen LogP contribution in [-0.2, 0) is 5.41 Å². The summed E-state index contributed by atoms with van der Waals surface area (Å²) in [6, 6.07) is 13.7. The minimum absolute atomic E-state index is 0.0564. The Kier molecular flexibility index (Phi) is 2.81. The summed E-state index contributed by atoms with van der Waals surface area (Å²) in [5.41, 5.74) is 2.36. The molecule has 0 heterocycles. The van der Waals surface area contributed by atoms with E-state index in [1.165, 1.54) is 0 Å². The number of nitriles is 2. The summed E-state index contributed by atoms with van der Waals surface area (Å²) in [5.74, 6) is 0. The van der Waals surface area contributed by atoms with Crippen molar-refractivity contribution in [2.45, 2.75) is 26.2 Å². The second-order valence-electron chi connectivity index (χ2n) is 5.43. The average molecular weight is 234 g/mol. The van der Waals surface area contributed by atoms with Crippen LogP contribution in [0.3, 0.4) is 0 Å². The molecule has 0 bridgehead atoms. The highest BCUT2D eigenvalue weighted by Crippen LogP contribution is 2.31. The van der Waals surface area contributed by atoms with Crippen LogP contribution >= 0.6 is 0 Å². The van der Waals surface area contributed by atoms with Gasteiger partial charge in [-0.1, -0.05) is 26.8 Å². The zero-order valence-electron chi connectivity index (χ0n) is 10.8. The van der Waals surface area contributed by atoms with Gasteiger partial charge in [-0.05, 0) is 46.0 Å². The normalized spacial score (nSPS) is 10.9. The van der Waals surface area contributed by atoms with Crippen molar-refractivity contribution in [3.63, 3.8) is 0 Å². The molecule has 0 aliphatic carbocycles. The van der Waals surface area contributed by atoms with E-state index in [0.29, 0.717) is 11.1 Å². The van der Waals surface area contributed by atoms with E-state index in [1.807, 2.05) is 24.3 Å². The molecule has 0 saturated heterocycles. The van der Waals surface area contributed by atoms with E-state index in [9.17, 15) is 0 Å². The van der Waals surface area contributed by atoms with Gasteiger partial charge < -0.3 is 0 Å². The Bertz CT molecular complexity index is 692. The second-order valence-corrected chi connectivity index (χ2v) is 5.43. The number of fused-ring (bicyclic) bond motifs is 1. The van der Waals surface area contributed by atoms with E-state index in [0.717, 1.165) is 16.3 Å². The SMILES string of the molecule is CC(C)(C)c1cc(C#N)cc2ccc(C#N)cc12. The van der Waals surface area contributed by atoms with Crippen LogP contribution in [0, 0.1) is 22.7 Å². The molecular formula is C16H14N2. The lowest BCUT2D eigenvalue weighted by atomic mass is 9.82. The highest BCUT2D eigenvalue weighted by atomic mass is 14.3. The fraction of sp³-hybridized carbons (Fsp3) is 0.250. The molecule has 2 rings (SSSR count). The number of hydrogen-bond acceptors (Lipinski definition) is 2. The molecule has 0 aliphatic heterocycles. The Balaban J connectivity index is 2.89. The van der Waals surface area contributed by atoms with E-state index >= 15 is 0 Å². The van der Waals surface area contributed by atoms with Crippen LogP contribution in [0.5, 0.6) is 0 Å². The first-order chi connectivity index (χ1) is 8.45. The molecule has 2 aromatic carbocycles. The lowest BCUT2D eigenvalue weighted by Gasteiger charge is -2.22. The van der Waals surface area contributed by atoms with Gasteiger partial charge in [0.15, 0.2) is 0 Å². The van der Waals surface area contributed by atoms with Crippen molar-refractivity contribution in [3.8, 4) is 12.1 Å². The highest BCUT2D eigenvalue weighted by Gasteiger charge is 2.18. The summed E-state index contributed by atoms with van der Waals surface area (Å²) < 4.78 is 0. The first kappa shape index (κ1) is 12.1. The molecule has 0 radical (unpaired) electrons. The lowest BCUT2D eigenvalue weighted by molar-refractivity contribution is 0.596. The summed E-state index contributed by atoms with van der Waals surface area (Å²) in [6.07, 6.45) is 0. The van der Waals surface area contributed by atoms with Crippen molar-refractivity contribution in [3.05, 3.63) is 47.0 Å². The monoisotopic (exact) mass is 234 g/mol. The van der Waals surface area contributed by atoms with Crippen LogP contribution < -0.4 is 0 Å². The maximum absolute atomic E-state index is 9.09. The third kappa shape index (κ3) is 2.06. The third-order valence-electron chi connectivity index (χ3n) is 3.02. The lowest BCUT2D eigenvalue weighted by Crippen LogP contribution is -2.12. The van der Waals surface area contributed by atoms with Gasteiger partial charge in [-0.2, -0.15) is 10.5 Å². The molecule has 0 fully saturated rings.